The molecular formula is C14H17N3OS. The van der Waals surface area contributed by atoms with Crippen LogP contribution in [0.25, 0.3) is 0 Å². The molecule has 1 amide bonds. The van der Waals surface area contributed by atoms with Crippen LogP contribution in [-0.4, -0.2) is 13.0 Å². The summed E-state index contributed by atoms with van der Waals surface area (Å²) < 4.78 is 0. The fraction of sp³-hybridized carbons (Fsp3) is 0.214. The lowest BCUT2D eigenvalue weighted by atomic mass is 10.1. The summed E-state index contributed by atoms with van der Waals surface area (Å²) in [4.78, 5) is 12.8. The predicted octanol–water partition coefficient (Wildman–Crippen LogP) is 2.86. The summed E-state index contributed by atoms with van der Waals surface area (Å²) in [5.74, 6) is -0.119. The molecule has 2 aromatic rings. The van der Waals surface area contributed by atoms with E-state index in [1.807, 2.05) is 11.4 Å². The molecule has 1 atom stereocenters. The summed E-state index contributed by atoms with van der Waals surface area (Å²) in [6.45, 7) is 2.07. The Morgan fingerprint density at radius 1 is 1.37 bits per heavy atom. The van der Waals surface area contributed by atoms with Gasteiger partial charge in [0.25, 0.3) is 5.91 Å². The largest absolute Gasteiger partial charge is 0.397 e. The number of nitrogen functional groups attached to an aromatic ring is 1. The number of anilines is 2. The fourth-order valence-electron chi connectivity index (χ4n) is 1.81. The molecule has 4 nitrogen and oxygen atoms in total. The minimum atomic E-state index is -0.119. The van der Waals surface area contributed by atoms with E-state index < -0.39 is 0 Å². The maximum Gasteiger partial charge on any atom is 0.251 e. The van der Waals surface area contributed by atoms with Gasteiger partial charge in [-0.25, -0.2) is 0 Å². The zero-order valence-corrected chi connectivity index (χ0v) is 11.8. The highest BCUT2D eigenvalue weighted by molar-refractivity contribution is 7.10. The number of thiophene rings is 1. The van der Waals surface area contributed by atoms with Crippen LogP contribution in [0, 0.1) is 0 Å². The van der Waals surface area contributed by atoms with Gasteiger partial charge in [-0.2, -0.15) is 0 Å². The van der Waals surface area contributed by atoms with Gasteiger partial charge >= 0.3 is 0 Å². The summed E-state index contributed by atoms with van der Waals surface area (Å²) in [7, 11) is 1.61. The van der Waals surface area contributed by atoms with Crippen LogP contribution < -0.4 is 16.4 Å². The summed E-state index contributed by atoms with van der Waals surface area (Å²) in [6, 6.07) is 9.48. The zero-order chi connectivity index (χ0) is 13.8. The van der Waals surface area contributed by atoms with Crippen LogP contribution >= 0.6 is 11.3 Å². The first-order chi connectivity index (χ1) is 9.11. The molecule has 5 heteroatoms. The van der Waals surface area contributed by atoms with Crippen molar-refractivity contribution >= 4 is 28.6 Å². The van der Waals surface area contributed by atoms with Gasteiger partial charge in [0, 0.05) is 17.5 Å². The number of amides is 1. The van der Waals surface area contributed by atoms with Crippen molar-refractivity contribution in [3.8, 4) is 0 Å². The molecule has 0 radical (unpaired) electrons. The standard InChI is InChI=1S/C14H17N3OS/c1-9(13-4-3-7-19-13)17-12-8-10(14(18)16-2)5-6-11(12)15/h3-9,17H,15H2,1-2H3,(H,16,18). The van der Waals surface area contributed by atoms with Crippen molar-refractivity contribution in [3.05, 3.63) is 46.2 Å². The molecule has 19 heavy (non-hydrogen) atoms. The second kappa shape index (κ2) is 5.75. The smallest absolute Gasteiger partial charge is 0.251 e. The lowest BCUT2D eigenvalue weighted by Crippen LogP contribution is -2.18. The van der Waals surface area contributed by atoms with Gasteiger partial charge in [0.1, 0.15) is 0 Å². The van der Waals surface area contributed by atoms with Gasteiger partial charge in [0.15, 0.2) is 0 Å². The number of hydrogen-bond acceptors (Lipinski definition) is 4. The molecule has 1 aromatic heterocycles. The number of benzene rings is 1. The van der Waals surface area contributed by atoms with Gasteiger partial charge in [-0.3, -0.25) is 4.79 Å². The van der Waals surface area contributed by atoms with E-state index in [1.54, 1.807) is 36.6 Å². The van der Waals surface area contributed by atoms with Crippen molar-refractivity contribution in [3.63, 3.8) is 0 Å². The molecule has 1 heterocycles. The van der Waals surface area contributed by atoms with Gasteiger partial charge < -0.3 is 16.4 Å². The van der Waals surface area contributed by atoms with E-state index in [-0.39, 0.29) is 11.9 Å². The molecule has 0 bridgehead atoms. The van der Waals surface area contributed by atoms with Gasteiger partial charge in [0.05, 0.1) is 17.4 Å². The van der Waals surface area contributed by atoms with Crippen molar-refractivity contribution < 1.29 is 4.79 Å². The van der Waals surface area contributed by atoms with Gasteiger partial charge in [0.2, 0.25) is 0 Å². The van der Waals surface area contributed by atoms with Gasteiger partial charge in [-0.1, -0.05) is 6.07 Å². The Bertz CT molecular complexity index is 566. The number of nitrogens with two attached hydrogens (primary N) is 1. The summed E-state index contributed by atoms with van der Waals surface area (Å²) in [5, 5.41) is 7.98. The monoisotopic (exact) mass is 275 g/mol. The molecule has 2 rings (SSSR count). The highest BCUT2D eigenvalue weighted by Gasteiger charge is 2.11. The Kier molecular flexibility index (Phi) is 4.06. The Labute approximate surface area is 116 Å². The van der Waals surface area contributed by atoms with E-state index in [4.69, 9.17) is 5.73 Å². The predicted molar refractivity (Wildman–Crippen MR) is 80.6 cm³/mol. The lowest BCUT2D eigenvalue weighted by molar-refractivity contribution is 0.0963. The van der Waals surface area contributed by atoms with E-state index in [1.165, 1.54) is 4.88 Å². The van der Waals surface area contributed by atoms with E-state index in [0.717, 1.165) is 5.69 Å². The molecule has 1 unspecified atom stereocenters. The van der Waals surface area contributed by atoms with E-state index in [2.05, 4.69) is 23.6 Å². The zero-order valence-electron chi connectivity index (χ0n) is 10.9. The molecule has 0 saturated heterocycles. The Morgan fingerprint density at radius 2 is 2.16 bits per heavy atom. The Balaban J connectivity index is 2.22. The SMILES string of the molecule is CNC(=O)c1ccc(N)c(NC(C)c2cccs2)c1. The van der Waals surface area contributed by atoms with Crippen LogP contribution in [0.1, 0.15) is 28.2 Å². The van der Waals surface area contributed by atoms with Gasteiger partial charge in [-0.05, 0) is 36.6 Å². The van der Waals surface area contributed by atoms with Crippen molar-refractivity contribution in [2.45, 2.75) is 13.0 Å². The number of carbonyl (C=O) groups is 1. The third-order valence-electron chi connectivity index (χ3n) is 2.88. The highest BCUT2D eigenvalue weighted by Crippen LogP contribution is 2.27. The van der Waals surface area contributed by atoms with Crippen molar-refractivity contribution in [1.82, 2.24) is 5.32 Å². The fourth-order valence-corrected chi connectivity index (χ4v) is 2.54. The molecule has 1 aromatic carbocycles. The number of rotatable bonds is 4. The quantitative estimate of drug-likeness (QED) is 0.752. The normalized spacial score (nSPS) is 11.9. The molecule has 0 saturated carbocycles. The minimum Gasteiger partial charge on any atom is -0.397 e. The summed E-state index contributed by atoms with van der Waals surface area (Å²) in [6.07, 6.45) is 0. The molecule has 100 valence electrons. The maximum absolute atomic E-state index is 11.6. The maximum atomic E-state index is 11.6. The second-order valence-corrected chi connectivity index (χ2v) is 5.24. The highest BCUT2D eigenvalue weighted by atomic mass is 32.1. The third-order valence-corrected chi connectivity index (χ3v) is 3.94. The Hall–Kier alpha value is -2.01. The lowest BCUT2D eigenvalue weighted by Gasteiger charge is -2.16. The van der Waals surface area contributed by atoms with E-state index in [0.29, 0.717) is 11.3 Å². The summed E-state index contributed by atoms with van der Waals surface area (Å²) in [5.41, 5.74) is 7.95. The average molecular weight is 275 g/mol. The Morgan fingerprint density at radius 3 is 2.79 bits per heavy atom. The molecule has 0 aliphatic carbocycles. The first kappa shape index (κ1) is 13.4. The van der Waals surface area contributed by atoms with Crippen LogP contribution in [0.15, 0.2) is 35.7 Å². The molecule has 0 aliphatic heterocycles. The van der Waals surface area contributed by atoms with Crippen molar-refractivity contribution in [1.29, 1.82) is 0 Å². The van der Waals surface area contributed by atoms with Crippen LogP contribution in [0.5, 0.6) is 0 Å². The van der Waals surface area contributed by atoms with Crippen LogP contribution in [-0.2, 0) is 0 Å². The van der Waals surface area contributed by atoms with Gasteiger partial charge in [-0.15, -0.1) is 11.3 Å². The van der Waals surface area contributed by atoms with Crippen LogP contribution in [0.2, 0.25) is 0 Å². The second-order valence-electron chi connectivity index (χ2n) is 4.26. The van der Waals surface area contributed by atoms with Crippen LogP contribution in [0.4, 0.5) is 11.4 Å². The number of nitrogens with one attached hydrogen (secondary N) is 2. The molecule has 0 spiro atoms. The third kappa shape index (κ3) is 3.06. The summed E-state index contributed by atoms with van der Waals surface area (Å²) >= 11 is 1.69. The first-order valence-corrected chi connectivity index (χ1v) is 6.91. The van der Waals surface area contributed by atoms with Crippen molar-refractivity contribution in [2.75, 3.05) is 18.1 Å². The average Bonchev–Trinajstić information content (AvgIpc) is 2.94. The topological polar surface area (TPSA) is 67.2 Å². The molecular weight excluding hydrogens is 258 g/mol. The number of hydrogen-bond donors (Lipinski definition) is 3. The number of carbonyl (C=O) groups excluding carboxylic acids is 1. The molecule has 0 fully saturated rings. The van der Waals surface area contributed by atoms with Crippen molar-refractivity contribution in [2.24, 2.45) is 0 Å². The molecule has 0 aliphatic rings. The van der Waals surface area contributed by atoms with Crippen LogP contribution in [0.3, 0.4) is 0 Å². The van der Waals surface area contributed by atoms with E-state index in [9.17, 15) is 4.79 Å². The molecule has 4 N–H and O–H groups in total. The van der Waals surface area contributed by atoms with E-state index >= 15 is 0 Å². The first-order valence-electron chi connectivity index (χ1n) is 6.03. The minimum absolute atomic E-state index is 0.119.